The summed E-state index contributed by atoms with van der Waals surface area (Å²) in [5.41, 5.74) is 6.31. The van der Waals surface area contributed by atoms with Crippen molar-refractivity contribution in [3.05, 3.63) is 47.9 Å². The van der Waals surface area contributed by atoms with E-state index in [1.807, 2.05) is 12.1 Å². The molecule has 0 unspecified atom stereocenters. The van der Waals surface area contributed by atoms with Gasteiger partial charge >= 0.3 is 0 Å². The molecular weight excluding hydrogens is 218 g/mol. The lowest BCUT2D eigenvalue weighted by atomic mass is 10.3. The Morgan fingerprint density at radius 2 is 2.24 bits per heavy atom. The van der Waals surface area contributed by atoms with Gasteiger partial charge in [-0.15, -0.1) is 0 Å². The first-order chi connectivity index (χ1) is 8.25. The second-order valence-corrected chi connectivity index (χ2v) is 3.36. The molecule has 3 N–H and O–H groups in total. The number of primary amides is 1. The van der Waals surface area contributed by atoms with Crippen LogP contribution in [0, 0.1) is 0 Å². The number of hydrogen-bond acceptors (Lipinski definition) is 5. The molecule has 0 aliphatic rings. The van der Waals surface area contributed by atoms with Crippen molar-refractivity contribution in [3.8, 4) is 0 Å². The number of pyridine rings is 1. The van der Waals surface area contributed by atoms with Crippen molar-refractivity contribution < 1.29 is 4.79 Å². The van der Waals surface area contributed by atoms with Crippen LogP contribution in [0.15, 0.2) is 36.7 Å². The fourth-order valence-corrected chi connectivity index (χ4v) is 1.25. The molecule has 0 atom stereocenters. The van der Waals surface area contributed by atoms with E-state index in [0.717, 1.165) is 5.69 Å². The maximum atomic E-state index is 10.8. The zero-order chi connectivity index (χ0) is 12.1. The minimum absolute atomic E-state index is 0.384. The fourth-order valence-electron chi connectivity index (χ4n) is 1.25. The topological polar surface area (TPSA) is 93.8 Å². The van der Waals surface area contributed by atoms with Gasteiger partial charge in [0.25, 0.3) is 0 Å². The fraction of sp³-hybridized carbons (Fsp3) is 0.0909. The Balaban J connectivity index is 1.98. The molecule has 0 saturated heterocycles. The van der Waals surface area contributed by atoms with Gasteiger partial charge in [0.05, 0.1) is 17.8 Å². The van der Waals surface area contributed by atoms with Crippen LogP contribution >= 0.6 is 0 Å². The smallest absolute Gasteiger partial charge is 0.250 e. The molecule has 86 valence electrons. The number of rotatable bonds is 4. The summed E-state index contributed by atoms with van der Waals surface area (Å²) in [4.78, 5) is 14.9. The second-order valence-electron chi connectivity index (χ2n) is 3.36. The molecule has 2 aromatic rings. The number of carbonyl (C=O) groups is 1. The molecule has 2 rings (SSSR count). The molecule has 2 aromatic heterocycles. The van der Waals surface area contributed by atoms with E-state index in [-0.39, 0.29) is 0 Å². The summed E-state index contributed by atoms with van der Waals surface area (Å²) < 4.78 is 0. The van der Waals surface area contributed by atoms with Crippen LogP contribution in [0.1, 0.15) is 16.1 Å². The molecule has 0 saturated carbocycles. The van der Waals surface area contributed by atoms with Crippen LogP contribution in [-0.2, 0) is 6.54 Å². The highest BCUT2D eigenvalue weighted by Gasteiger charge is 2.01. The molecule has 0 aliphatic carbocycles. The lowest BCUT2D eigenvalue weighted by Gasteiger charge is -2.04. The van der Waals surface area contributed by atoms with Gasteiger partial charge in [-0.1, -0.05) is 0 Å². The van der Waals surface area contributed by atoms with Gasteiger partial charge in [-0.25, -0.2) is 4.98 Å². The van der Waals surface area contributed by atoms with Crippen molar-refractivity contribution in [2.24, 2.45) is 5.73 Å². The Labute approximate surface area is 97.9 Å². The third-order valence-electron chi connectivity index (χ3n) is 2.13. The molecule has 17 heavy (non-hydrogen) atoms. The highest BCUT2D eigenvalue weighted by molar-refractivity contribution is 5.92. The number of amides is 1. The van der Waals surface area contributed by atoms with E-state index in [1.165, 1.54) is 6.20 Å². The molecule has 0 spiro atoms. The zero-order valence-electron chi connectivity index (χ0n) is 9.00. The van der Waals surface area contributed by atoms with E-state index >= 15 is 0 Å². The van der Waals surface area contributed by atoms with Crippen molar-refractivity contribution in [1.29, 1.82) is 0 Å². The number of nitrogens with zero attached hydrogens (tertiary/aromatic N) is 3. The van der Waals surface area contributed by atoms with Gasteiger partial charge in [0, 0.05) is 12.4 Å². The van der Waals surface area contributed by atoms with Crippen molar-refractivity contribution in [2.45, 2.75) is 6.54 Å². The van der Waals surface area contributed by atoms with Gasteiger partial charge in [0.15, 0.2) is 0 Å². The molecule has 2 heterocycles. The zero-order valence-corrected chi connectivity index (χ0v) is 9.00. The number of hydrogen-bond donors (Lipinski definition) is 2. The predicted octanol–water partition coefficient (Wildman–Crippen LogP) is 0.583. The summed E-state index contributed by atoms with van der Waals surface area (Å²) in [6, 6.07) is 6.98. The van der Waals surface area contributed by atoms with E-state index in [0.29, 0.717) is 17.9 Å². The Hall–Kier alpha value is -2.50. The van der Waals surface area contributed by atoms with Crippen molar-refractivity contribution in [2.75, 3.05) is 5.32 Å². The van der Waals surface area contributed by atoms with Crippen molar-refractivity contribution in [3.63, 3.8) is 0 Å². The van der Waals surface area contributed by atoms with Gasteiger partial charge in [-0.05, 0) is 24.3 Å². The maximum absolute atomic E-state index is 10.8. The standard InChI is InChI=1S/C11H11N5O/c12-11(17)8-3-4-10(13-6-8)14-7-9-2-1-5-15-16-9/h1-6H,7H2,(H2,12,17)(H,13,14). The van der Waals surface area contributed by atoms with Crippen molar-refractivity contribution >= 4 is 11.7 Å². The van der Waals surface area contributed by atoms with Crippen molar-refractivity contribution in [1.82, 2.24) is 15.2 Å². The van der Waals surface area contributed by atoms with Crippen LogP contribution < -0.4 is 11.1 Å². The van der Waals surface area contributed by atoms with E-state index in [2.05, 4.69) is 20.5 Å². The molecule has 0 bridgehead atoms. The van der Waals surface area contributed by atoms with E-state index in [1.54, 1.807) is 18.3 Å². The van der Waals surface area contributed by atoms with E-state index in [9.17, 15) is 4.79 Å². The summed E-state index contributed by atoms with van der Waals surface area (Å²) in [5, 5.41) is 10.7. The largest absolute Gasteiger partial charge is 0.366 e. The van der Waals surface area contributed by atoms with E-state index < -0.39 is 5.91 Å². The lowest BCUT2D eigenvalue weighted by Crippen LogP contribution is -2.11. The van der Waals surface area contributed by atoms with E-state index in [4.69, 9.17) is 5.73 Å². The number of anilines is 1. The summed E-state index contributed by atoms with van der Waals surface area (Å²) in [6.45, 7) is 0.525. The highest BCUT2D eigenvalue weighted by Crippen LogP contribution is 2.05. The molecule has 6 nitrogen and oxygen atoms in total. The van der Waals surface area contributed by atoms with Gasteiger partial charge < -0.3 is 11.1 Å². The predicted molar refractivity (Wildman–Crippen MR) is 62.1 cm³/mol. The Kier molecular flexibility index (Phi) is 3.25. The Morgan fingerprint density at radius 3 is 2.82 bits per heavy atom. The minimum Gasteiger partial charge on any atom is -0.366 e. The SMILES string of the molecule is NC(=O)c1ccc(NCc2cccnn2)nc1. The average Bonchev–Trinajstić information content (AvgIpc) is 2.38. The second kappa shape index (κ2) is 5.02. The molecule has 0 aliphatic heterocycles. The molecule has 0 fully saturated rings. The van der Waals surface area contributed by atoms with Gasteiger partial charge in [-0.2, -0.15) is 10.2 Å². The molecule has 0 radical (unpaired) electrons. The summed E-state index contributed by atoms with van der Waals surface area (Å²) >= 11 is 0. The number of nitrogens with two attached hydrogens (primary N) is 1. The summed E-state index contributed by atoms with van der Waals surface area (Å²) in [7, 11) is 0. The molecule has 6 heteroatoms. The van der Waals surface area contributed by atoms with Crippen LogP contribution in [-0.4, -0.2) is 21.1 Å². The first kappa shape index (κ1) is 11.0. The Morgan fingerprint density at radius 1 is 1.35 bits per heavy atom. The van der Waals surface area contributed by atoms with Gasteiger partial charge in [-0.3, -0.25) is 4.79 Å². The summed E-state index contributed by atoms with van der Waals surface area (Å²) in [5.74, 6) is 0.165. The molecular formula is C11H11N5O. The third-order valence-corrected chi connectivity index (χ3v) is 2.13. The normalized spacial score (nSPS) is 9.88. The minimum atomic E-state index is -0.488. The van der Waals surface area contributed by atoms with Crippen LogP contribution in [0.5, 0.6) is 0 Å². The van der Waals surface area contributed by atoms with Crippen LogP contribution in [0.3, 0.4) is 0 Å². The quantitative estimate of drug-likeness (QED) is 0.799. The number of nitrogens with one attached hydrogen (secondary N) is 1. The average molecular weight is 229 g/mol. The molecule has 0 aromatic carbocycles. The number of carbonyl (C=O) groups excluding carboxylic acids is 1. The van der Waals surface area contributed by atoms with Gasteiger partial charge in [0.2, 0.25) is 5.91 Å². The van der Waals surface area contributed by atoms with Crippen LogP contribution in [0.25, 0.3) is 0 Å². The van der Waals surface area contributed by atoms with Crippen LogP contribution in [0.2, 0.25) is 0 Å². The Bertz CT molecular complexity index is 497. The van der Waals surface area contributed by atoms with Gasteiger partial charge in [0.1, 0.15) is 5.82 Å². The summed E-state index contributed by atoms with van der Waals surface area (Å²) in [6.07, 6.45) is 3.05. The first-order valence-electron chi connectivity index (χ1n) is 5.02. The van der Waals surface area contributed by atoms with Crippen LogP contribution in [0.4, 0.5) is 5.82 Å². The third kappa shape index (κ3) is 2.97. The number of aromatic nitrogens is 3. The highest BCUT2D eigenvalue weighted by atomic mass is 16.1. The molecule has 1 amide bonds. The lowest BCUT2D eigenvalue weighted by molar-refractivity contribution is 0.1000. The monoisotopic (exact) mass is 229 g/mol. The maximum Gasteiger partial charge on any atom is 0.250 e. The first-order valence-corrected chi connectivity index (χ1v) is 5.02.